The summed E-state index contributed by atoms with van der Waals surface area (Å²) < 4.78 is 16.8. The number of unbranched alkanes of at least 4 members (excludes halogenated alkanes) is 23. The van der Waals surface area contributed by atoms with Crippen molar-refractivity contribution in [2.24, 2.45) is 0 Å². The van der Waals surface area contributed by atoms with Crippen LogP contribution in [0.15, 0.2) is 85.1 Å². The van der Waals surface area contributed by atoms with Crippen LogP contribution >= 0.6 is 0 Å². The van der Waals surface area contributed by atoms with Crippen LogP contribution in [0.25, 0.3) is 0 Å². The normalized spacial score (nSPS) is 12.7. The van der Waals surface area contributed by atoms with Gasteiger partial charge in [0.05, 0.1) is 0 Å². The molecule has 6 nitrogen and oxygen atoms in total. The molecule has 1 atom stereocenters. The van der Waals surface area contributed by atoms with Crippen molar-refractivity contribution in [1.29, 1.82) is 0 Å². The summed E-state index contributed by atoms with van der Waals surface area (Å²) in [4.78, 5) is 38.0. The highest BCUT2D eigenvalue weighted by molar-refractivity contribution is 5.71. The van der Waals surface area contributed by atoms with Gasteiger partial charge in [-0.15, -0.1) is 0 Å². The number of carbonyl (C=O) groups is 3. The van der Waals surface area contributed by atoms with E-state index in [0.717, 1.165) is 109 Å². The second kappa shape index (κ2) is 53.2. The first-order valence-corrected chi connectivity index (χ1v) is 27.1. The zero-order valence-electron chi connectivity index (χ0n) is 42.5. The van der Waals surface area contributed by atoms with Crippen LogP contribution in [-0.2, 0) is 28.6 Å². The van der Waals surface area contributed by atoms with Gasteiger partial charge in [0.2, 0.25) is 0 Å². The van der Waals surface area contributed by atoms with E-state index in [-0.39, 0.29) is 31.1 Å². The highest BCUT2D eigenvalue weighted by Gasteiger charge is 2.19. The van der Waals surface area contributed by atoms with Gasteiger partial charge in [-0.25, -0.2) is 0 Å². The van der Waals surface area contributed by atoms with E-state index in [2.05, 4.69) is 106 Å². The van der Waals surface area contributed by atoms with Gasteiger partial charge in [-0.2, -0.15) is 0 Å². The van der Waals surface area contributed by atoms with Crippen molar-refractivity contribution in [2.75, 3.05) is 13.2 Å². The Balaban J connectivity index is 4.40. The second-order valence-electron chi connectivity index (χ2n) is 17.7. The standard InChI is InChI=1S/C59H100O6/c1-4-7-10-13-16-19-22-24-26-28-29-31-33-35-38-41-44-47-50-53-59(62)65-56(54-63-57(60)51-48-45-42-39-36-21-18-15-12-9-6-3)55-64-58(61)52-49-46-43-40-37-34-32-30-27-25-23-20-17-14-11-8-5-2/h8,11,15-20,24-27,32,34,56H,4-7,9-10,12-14,21-23,28-31,33,35-55H2,1-3H3/b11-8-,18-15-,19-16-,20-17-,26-24-,27-25-,34-32-/t56-/m0/s1. The summed E-state index contributed by atoms with van der Waals surface area (Å²) in [6.45, 7) is 6.43. The molecule has 0 saturated carbocycles. The first-order chi connectivity index (χ1) is 32.0. The monoisotopic (exact) mass is 905 g/mol. The molecule has 0 aliphatic carbocycles. The maximum Gasteiger partial charge on any atom is 0.306 e. The van der Waals surface area contributed by atoms with E-state index in [0.29, 0.717) is 19.3 Å². The molecule has 0 bridgehead atoms. The Morgan fingerprint density at radius 2 is 0.615 bits per heavy atom. The average Bonchev–Trinajstić information content (AvgIpc) is 3.30. The lowest BCUT2D eigenvalue weighted by Gasteiger charge is -2.18. The molecule has 0 saturated heterocycles. The van der Waals surface area contributed by atoms with Crippen molar-refractivity contribution in [3.05, 3.63) is 85.1 Å². The van der Waals surface area contributed by atoms with Gasteiger partial charge in [0, 0.05) is 19.3 Å². The fourth-order valence-corrected chi connectivity index (χ4v) is 7.27. The van der Waals surface area contributed by atoms with Gasteiger partial charge >= 0.3 is 17.9 Å². The molecule has 6 heteroatoms. The van der Waals surface area contributed by atoms with E-state index in [1.54, 1.807) is 0 Å². The van der Waals surface area contributed by atoms with Gasteiger partial charge in [-0.3, -0.25) is 14.4 Å². The Kier molecular flexibility index (Phi) is 50.4. The molecule has 0 spiro atoms. The Hall–Kier alpha value is -3.41. The minimum Gasteiger partial charge on any atom is -0.462 e. The smallest absolute Gasteiger partial charge is 0.306 e. The SMILES string of the molecule is CC/C=C\C/C=C\C/C=C\C/C=C\CCCCCCC(=O)OC[C@H](COC(=O)CCCCCCC/C=C\CCCC)OC(=O)CCCCCCCCCCC/C=C\C/C=C\CCCCC. The molecular weight excluding hydrogens is 805 g/mol. The van der Waals surface area contributed by atoms with E-state index in [1.165, 1.54) is 103 Å². The van der Waals surface area contributed by atoms with Crippen LogP contribution in [-0.4, -0.2) is 37.2 Å². The third-order valence-corrected chi connectivity index (χ3v) is 11.4. The largest absolute Gasteiger partial charge is 0.462 e. The maximum absolute atomic E-state index is 12.8. The van der Waals surface area contributed by atoms with E-state index >= 15 is 0 Å². The number of allylic oxidation sites excluding steroid dienone is 14. The molecule has 0 unspecified atom stereocenters. The van der Waals surface area contributed by atoms with Crippen molar-refractivity contribution < 1.29 is 28.6 Å². The predicted octanol–water partition coefficient (Wildman–Crippen LogP) is 18.0. The topological polar surface area (TPSA) is 78.9 Å². The number of hydrogen-bond donors (Lipinski definition) is 0. The minimum atomic E-state index is -0.792. The molecule has 0 aliphatic rings. The summed E-state index contributed by atoms with van der Waals surface area (Å²) in [5.74, 6) is -0.927. The number of ether oxygens (including phenoxy) is 3. The lowest BCUT2D eigenvalue weighted by molar-refractivity contribution is -0.167. The van der Waals surface area contributed by atoms with Gasteiger partial charge in [0.1, 0.15) is 13.2 Å². The molecule has 0 N–H and O–H groups in total. The van der Waals surface area contributed by atoms with Gasteiger partial charge in [-0.1, -0.05) is 209 Å². The molecule has 0 heterocycles. The molecule has 0 aromatic heterocycles. The molecule has 0 amide bonds. The maximum atomic E-state index is 12.8. The van der Waals surface area contributed by atoms with Crippen LogP contribution in [0.4, 0.5) is 0 Å². The van der Waals surface area contributed by atoms with Crippen LogP contribution in [0, 0.1) is 0 Å². The number of rotatable bonds is 48. The van der Waals surface area contributed by atoms with Crippen molar-refractivity contribution in [2.45, 2.75) is 258 Å². The molecule has 65 heavy (non-hydrogen) atoms. The second-order valence-corrected chi connectivity index (χ2v) is 17.7. The Morgan fingerprint density at radius 1 is 0.323 bits per heavy atom. The first-order valence-electron chi connectivity index (χ1n) is 27.1. The zero-order valence-corrected chi connectivity index (χ0v) is 42.5. The Bertz CT molecular complexity index is 1270. The molecular formula is C59H100O6. The molecule has 0 radical (unpaired) electrons. The van der Waals surface area contributed by atoms with E-state index in [4.69, 9.17) is 14.2 Å². The third-order valence-electron chi connectivity index (χ3n) is 11.4. The fourth-order valence-electron chi connectivity index (χ4n) is 7.27. The van der Waals surface area contributed by atoms with Crippen LogP contribution in [0.5, 0.6) is 0 Å². The van der Waals surface area contributed by atoms with Crippen LogP contribution in [0.1, 0.15) is 252 Å². The molecule has 0 aromatic rings. The summed E-state index contributed by atoms with van der Waals surface area (Å²) >= 11 is 0. The lowest BCUT2D eigenvalue weighted by atomic mass is 10.1. The highest BCUT2D eigenvalue weighted by Crippen LogP contribution is 2.14. The van der Waals surface area contributed by atoms with Crippen molar-refractivity contribution in [3.63, 3.8) is 0 Å². The summed E-state index contributed by atoms with van der Waals surface area (Å²) in [6.07, 6.45) is 68.5. The number of carbonyl (C=O) groups excluding carboxylic acids is 3. The molecule has 0 aliphatic heterocycles. The minimum absolute atomic E-state index is 0.0909. The van der Waals surface area contributed by atoms with Crippen molar-refractivity contribution >= 4 is 17.9 Å². The lowest BCUT2D eigenvalue weighted by Crippen LogP contribution is -2.30. The quantitative estimate of drug-likeness (QED) is 0.0262. The highest BCUT2D eigenvalue weighted by atomic mass is 16.6. The van der Waals surface area contributed by atoms with E-state index < -0.39 is 6.10 Å². The third kappa shape index (κ3) is 51.4. The molecule has 0 aromatic carbocycles. The summed E-state index contributed by atoms with van der Waals surface area (Å²) in [7, 11) is 0. The fraction of sp³-hybridized carbons (Fsp3) is 0.712. The van der Waals surface area contributed by atoms with Gasteiger partial charge < -0.3 is 14.2 Å². The number of hydrogen-bond acceptors (Lipinski definition) is 6. The Labute approximate surface area is 401 Å². The van der Waals surface area contributed by atoms with Crippen LogP contribution in [0.2, 0.25) is 0 Å². The molecule has 372 valence electrons. The van der Waals surface area contributed by atoms with Gasteiger partial charge in [-0.05, 0) is 109 Å². The van der Waals surface area contributed by atoms with Gasteiger partial charge in [0.25, 0.3) is 0 Å². The van der Waals surface area contributed by atoms with Crippen molar-refractivity contribution in [3.8, 4) is 0 Å². The Morgan fingerprint density at radius 3 is 1.00 bits per heavy atom. The first kappa shape index (κ1) is 61.6. The molecule has 0 rings (SSSR count). The zero-order chi connectivity index (χ0) is 47.2. The molecule has 0 fully saturated rings. The van der Waals surface area contributed by atoms with Crippen LogP contribution in [0.3, 0.4) is 0 Å². The summed E-state index contributed by atoms with van der Waals surface area (Å²) in [5.41, 5.74) is 0. The van der Waals surface area contributed by atoms with E-state index in [1.807, 2.05) is 0 Å². The predicted molar refractivity (Wildman–Crippen MR) is 279 cm³/mol. The van der Waals surface area contributed by atoms with E-state index in [9.17, 15) is 14.4 Å². The average molecular weight is 905 g/mol. The van der Waals surface area contributed by atoms with Crippen molar-refractivity contribution in [1.82, 2.24) is 0 Å². The summed E-state index contributed by atoms with van der Waals surface area (Å²) in [5, 5.41) is 0. The number of esters is 3. The van der Waals surface area contributed by atoms with Gasteiger partial charge in [0.15, 0.2) is 6.10 Å². The van der Waals surface area contributed by atoms with Crippen LogP contribution < -0.4 is 0 Å². The summed E-state index contributed by atoms with van der Waals surface area (Å²) in [6, 6.07) is 0.